The standard InChI is InChI=1S/C15H28N2S3/c1-6-8-10(18)11-12(14(3,4)5)17-13(16-11)15(19,20)9-7-2/h10,18-20H,6-9H2,1-5H3,(H,16,17). The van der Waals surface area contributed by atoms with E-state index in [-0.39, 0.29) is 10.7 Å². The fourth-order valence-corrected chi connectivity index (χ4v) is 3.38. The van der Waals surface area contributed by atoms with Crippen LogP contribution in [0, 0.1) is 0 Å². The molecule has 2 nitrogen and oxygen atoms in total. The zero-order valence-corrected chi connectivity index (χ0v) is 15.9. The van der Waals surface area contributed by atoms with Crippen LogP contribution in [0.4, 0.5) is 0 Å². The predicted molar refractivity (Wildman–Crippen MR) is 98.5 cm³/mol. The van der Waals surface area contributed by atoms with Gasteiger partial charge in [0.2, 0.25) is 0 Å². The van der Waals surface area contributed by atoms with Gasteiger partial charge in [-0.25, -0.2) is 4.98 Å². The molecular weight excluding hydrogens is 304 g/mol. The van der Waals surface area contributed by atoms with E-state index in [4.69, 9.17) is 17.6 Å². The molecule has 0 aliphatic carbocycles. The maximum absolute atomic E-state index is 4.82. The summed E-state index contributed by atoms with van der Waals surface area (Å²) in [7, 11) is 0. The second-order valence-corrected chi connectivity index (χ2v) is 8.97. The van der Waals surface area contributed by atoms with Crippen molar-refractivity contribution in [3.05, 3.63) is 17.2 Å². The summed E-state index contributed by atoms with van der Waals surface area (Å²) in [4.78, 5) is 8.28. The normalized spacial score (nSPS) is 14.6. The van der Waals surface area contributed by atoms with Gasteiger partial charge in [-0.2, -0.15) is 37.9 Å². The second-order valence-electron chi connectivity index (χ2n) is 6.47. The van der Waals surface area contributed by atoms with Crippen molar-refractivity contribution in [3.63, 3.8) is 0 Å². The van der Waals surface area contributed by atoms with Crippen molar-refractivity contribution in [2.24, 2.45) is 0 Å². The third-order valence-corrected chi connectivity index (χ3v) is 4.70. The quantitative estimate of drug-likeness (QED) is 0.414. The number of nitrogens with zero attached hydrogens (tertiary/aromatic N) is 1. The van der Waals surface area contributed by atoms with Gasteiger partial charge in [0.15, 0.2) is 0 Å². The Hall–Kier alpha value is 0.260. The topological polar surface area (TPSA) is 28.7 Å². The van der Waals surface area contributed by atoms with E-state index in [9.17, 15) is 0 Å². The summed E-state index contributed by atoms with van der Waals surface area (Å²) in [6, 6.07) is 0. The van der Waals surface area contributed by atoms with Crippen LogP contribution < -0.4 is 0 Å². The van der Waals surface area contributed by atoms with E-state index in [0.717, 1.165) is 42.9 Å². The molecule has 0 aliphatic heterocycles. The molecule has 1 aromatic rings. The van der Waals surface area contributed by atoms with Gasteiger partial charge in [-0.15, -0.1) is 0 Å². The van der Waals surface area contributed by atoms with Gasteiger partial charge in [-0.3, -0.25) is 0 Å². The predicted octanol–water partition coefficient (Wildman–Crippen LogP) is 5.29. The van der Waals surface area contributed by atoms with Gasteiger partial charge in [-0.1, -0.05) is 47.5 Å². The Kier molecular flexibility index (Phi) is 6.42. The van der Waals surface area contributed by atoms with Crippen LogP contribution in [0.5, 0.6) is 0 Å². The molecule has 1 unspecified atom stereocenters. The summed E-state index contributed by atoms with van der Waals surface area (Å²) in [5.74, 6) is 0.848. The Morgan fingerprint density at radius 3 is 2.20 bits per heavy atom. The van der Waals surface area contributed by atoms with Crippen molar-refractivity contribution in [3.8, 4) is 0 Å². The van der Waals surface area contributed by atoms with Crippen molar-refractivity contribution in [2.75, 3.05) is 0 Å². The average molecular weight is 333 g/mol. The number of rotatable bonds is 6. The van der Waals surface area contributed by atoms with E-state index in [1.165, 1.54) is 0 Å². The Labute approximate surface area is 140 Å². The molecular formula is C15H28N2S3. The number of thiol groups is 3. The molecule has 0 bridgehead atoms. The number of H-pyrrole nitrogens is 1. The van der Waals surface area contributed by atoms with Crippen LogP contribution in [0.15, 0.2) is 0 Å². The van der Waals surface area contributed by atoms with Crippen LogP contribution in [0.25, 0.3) is 0 Å². The monoisotopic (exact) mass is 332 g/mol. The van der Waals surface area contributed by atoms with Crippen molar-refractivity contribution in [1.82, 2.24) is 9.97 Å². The lowest BCUT2D eigenvalue weighted by Gasteiger charge is -2.20. The Morgan fingerprint density at radius 1 is 1.15 bits per heavy atom. The molecule has 0 amide bonds. The van der Waals surface area contributed by atoms with Crippen LogP contribution in [0.3, 0.4) is 0 Å². The second kappa shape index (κ2) is 7.01. The lowest BCUT2D eigenvalue weighted by molar-refractivity contribution is 0.558. The largest absolute Gasteiger partial charge is 0.343 e. The van der Waals surface area contributed by atoms with Gasteiger partial charge in [-0.05, 0) is 12.8 Å². The zero-order valence-electron chi connectivity index (χ0n) is 13.2. The highest BCUT2D eigenvalue weighted by molar-refractivity contribution is 7.99. The van der Waals surface area contributed by atoms with E-state index >= 15 is 0 Å². The van der Waals surface area contributed by atoms with Crippen LogP contribution in [-0.2, 0) is 9.49 Å². The average Bonchev–Trinajstić information content (AvgIpc) is 2.74. The smallest absolute Gasteiger partial charge is 0.132 e. The summed E-state index contributed by atoms with van der Waals surface area (Å²) < 4.78 is -0.507. The number of hydrogen-bond donors (Lipinski definition) is 4. The first kappa shape index (κ1) is 18.3. The molecule has 1 heterocycles. The summed E-state index contributed by atoms with van der Waals surface area (Å²) in [6.45, 7) is 10.9. The Bertz CT molecular complexity index is 433. The summed E-state index contributed by atoms with van der Waals surface area (Å²) >= 11 is 14.1. The van der Waals surface area contributed by atoms with Crippen LogP contribution >= 0.6 is 37.9 Å². The summed E-state index contributed by atoms with van der Waals surface area (Å²) in [5.41, 5.74) is 2.20. The highest BCUT2D eigenvalue weighted by atomic mass is 32.2. The molecule has 0 saturated heterocycles. The first-order valence-corrected chi connectivity index (χ1v) is 8.78. The molecule has 20 heavy (non-hydrogen) atoms. The van der Waals surface area contributed by atoms with E-state index in [1.54, 1.807) is 0 Å². The SMILES string of the molecule is CCCC(S)c1[nH]c(C(S)(S)CCC)nc1C(C)(C)C. The maximum atomic E-state index is 4.82. The fourth-order valence-electron chi connectivity index (χ4n) is 2.27. The summed E-state index contributed by atoms with van der Waals surface area (Å²) in [5, 5.41) is 0.189. The maximum Gasteiger partial charge on any atom is 0.132 e. The van der Waals surface area contributed by atoms with Crippen molar-refractivity contribution in [2.45, 2.75) is 75.0 Å². The minimum atomic E-state index is -0.507. The van der Waals surface area contributed by atoms with Crippen molar-refractivity contribution < 1.29 is 0 Å². The minimum Gasteiger partial charge on any atom is -0.343 e. The number of aromatic amines is 1. The molecule has 0 saturated carbocycles. The molecule has 0 aromatic carbocycles. The highest BCUT2D eigenvalue weighted by Crippen LogP contribution is 2.40. The highest BCUT2D eigenvalue weighted by Gasteiger charge is 2.32. The van der Waals surface area contributed by atoms with Gasteiger partial charge in [0.25, 0.3) is 0 Å². The van der Waals surface area contributed by atoms with Crippen molar-refractivity contribution in [1.29, 1.82) is 0 Å². The first-order chi connectivity index (χ1) is 9.13. The summed E-state index contributed by atoms with van der Waals surface area (Å²) in [6.07, 6.45) is 4.04. The van der Waals surface area contributed by atoms with E-state index < -0.39 is 4.08 Å². The molecule has 1 aromatic heterocycles. The van der Waals surface area contributed by atoms with Gasteiger partial charge < -0.3 is 4.98 Å². The van der Waals surface area contributed by atoms with Gasteiger partial charge in [0.05, 0.1) is 11.4 Å². The van der Waals surface area contributed by atoms with Gasteiger partial charge in [0.1, 0.15) is 9.90 Å². The Balaban J connectivity index is 3.25. The van der Waals surface area contributed by atoms with Crippen LogP contribution in [0.2, 0.25) is 0 Å². The van der Waals surface area contributed by atoms with E-state index in [1.807, 2.05) is 0 Å². The molecule has 0 radical (unpaired) electrons. The van der Waals surface area contributed by atoms with E-state index in [2.05, 4.69) is 64.9 Å². The third-order valence-electron chi connectivity index (χ3n) is 3.32. The van der Waals surface area contributed by atoms with Gasteiger partial charge in [0, 0.05) is 10.7 Å². The molecule has 5 heteroatoms. The molecule has 0 aliphatic rings. The number of nitrogens with one attached hydrogen (secondary N) is 1. The molecule has 0 fully saturated rings. The van der Waals surface area contributed by atoms with E-state index in [0.29, 0.717) is 0 Å². The zero-order chi connectivity index (χ0) is 15.6. The van der Waals surface area contributed by atoms with Crippen molar-refractivity contribution >= 4 is 37.9 Å². The number of hydrogen-bond acceptors (Lipinski definition) is 4. The minimum absolute atomic E-state index is 0.0113. The third kappa shape index (κ3) is 4.38. The molecule has 1 N–H and O–H groups in total. The molecule has 116 valence electrons. The number of aromatic nitrogens is 2. The molecule has 0 spiro atoms. The van der Waals surface area contributed by atoms with Crippen LogP contribution in [-0.4, -0.2) is 9.97 Å². The first-order valence-electron chi connectivity index (χ1n) is 7.37. The fraction of sp³-hybridized carbons (Fsp3) is 0.800. The Morgan fingerprint density at radius 2 is 1.75 bits per heavy atom. The van der Waals surface area contributed by atoms with Crippen LogP contribution in [0.1, 0.15) is 82.8 Å². The lowest BCUT2D eigenvalue weighted by Crippen LogP contribution is -2.16. The molecule has 1 rings (SSSR count). The lowest BCUT2D eigenvalue weighted by atomic mass is 9.89. The van der Waals surface area contributed by atoms with Gasteiger partial charge >= 0.3 is 0 Å². The number of imidazole rings is 1. The molecule has 1 atom stereocenters.